The summed E-state index contributed by atoms with van der Waals surface area (Å²) in [5.74, 6) is -10.4. The van der Waals surface area contributed by atoms with Gasteiger partial charge in [-0.05, 0) is 24.3 Å². The first-order valence-electron chi connectivity index (χ1n) is 12.5. The molecule has 0 amide bonds. The molecule has 1 saturated heterocycles. The normalized spacial score (nSPS) is 23.3. The molecule has 3 heterocycles. The van der Waals surface area contributed by atoms with Crippen molar-refractivity contribution < 1.29 is 83.7 Å². The van der Waals surface area contributed by atoms with Gasteiger partial charge in [0, 0.05) is 10.8 Å². The molecule has 2 aliphatic heterocycles. The van der Waals surface area contributed by atoms with Crippen LogP contribution in [0.3, 0.4) is 0 Å². The Bertz CT molecular complexity index is 1870. The van der Waals surface area contributed by atoms with E-state index < -0.39 is 129 Å². The molecule has 4 aromatic rings. The molecule has 0 aliphatic carbocycles. The fourth-order valence-electron chi connectivity index (χ4n) is 5.07. The zero-order chi connectivity index (χ0) is 31.8. The van der Waals surface area contributed by atoms with Gasteiger partial charge in [0.05, 0.1) is 23.3 Å². The number of ether oxygens (including phenoxy) is 4. The summed E-state index contributed by atoms with van der Waals surface area (Å²) < 4.78 is 27.0. The highest BCUT2D eigenvalue weighted by Gasteiger charge is 2.52. The summed E-state index contributed by atoms with van der Waals surface area (Å²) in [4.78, 5) is 39.9. The second-order valence-corrected chi connectivity index (χ2v) is 9.82. The number of carbonyl (C=O) groups is 3. The molecule has 0 unspecified atom stereocenters. The van der Waals surface area contributed by atoms with Crippen molar-refractivity contribution in [3.8, 4) is 40.2 Å². The van der Waals surface area contributed by atoms with Crippen molar-refractivity contribution in [2.24, 2.45) is 0 Å². The number of aliphatic hydroxyl groups excluding tert-OH is 2. The number of furan rings is 1. The highest BCUT2D eigenvalue weighted by atomic mass is 16.7. The molecule has 1 aromatic heterocycles. The third-order valence-electron chi connectivity index (χ3n) is 7.18. The topological polar surface area (TPSA) is 283 Å². The van der Waals surface area contributed by atoms with Crippen LogP contribution in [0, 0.1) is 0 Å². The molecular weight excluding hydrogens is 596 g/mol. The first kappa shape index (κ1) is 28.5. The molecule has 6 rings (SSSR count). The van der Waals surface area contributed by atoms with Gasteiger partial charge >= 0.3 is 17.9 Å². The van der Waals surface area contributed by atoms with E-state index in [1.807, 2.05) is 0 Å². The Hall–Kier alpha value is -5.65. The third-order valence-corrected chi connectivity index (χ3v) is 7.18. The van der Waals surface area contributed by atoms with Crippen molar-refractivity contribution in [2.45, 2.75) is 30.7 Å². The van der Waals surface area contributed by atoms with Gasteiger partial charge in [-0.1, -0.05) is 0 Å². The average molecular weight is 616 g/mol. The van der Waals surface area contributed by atoms with E-state index >= 15 is 0 Å². The van der Waals surface area contributed by atoms with Crippen LogP contribution in [0.5, 0.6) is 40.2 Å². The SMILES string of the molecule is O=C(O[C@@H]1O[C@@H](CO)[C@H]2OC(=O)c3cc(O)c(O)c4oc5c(O)c(O)cc(c5c34)C(=O)O[C@@H]1[C@H]2O)c1cc(O)c(O)c(O)c1. The molecule has 1 fully saturated rings. The fourth-order valence-corrected chi connectivity index (χ4v) is 5.07. The van der Waals surface area contributed by atoms with Crippen LogP contribution in [-0.2, 0) is 18.9 Å². The van der Waals surface area contributed by atoms with E-state index in [0.717, 1.165) is 24.3 Å². The molecule has 0 spiro atoms. The number of hydrogen-bond donors (Lipinski definition) is 9. The van der Waals surface area contributed by atoms with Crippen LogP contribution in [0.25, 0.3) is 21.9 Å². The molecule has 9 N–H and O–H groups in total. The number of esters is 3. The maximum atomic E-state index is 13.6. The van der Waals surface area contributed by atoms with E-state index in [1.165, 1.54) is 0 Å². The maximum Gasteiger partial charge on any atom is 0.340 e. The van der Waals surface area contributed by atoms with Crippen molar-refractivity contribution in [2.75, 3.05) is 6.61 Å². The van der Waals surface area contributed by atoms with Crippen molar-refractivity contribution in [1.82, 2.24) is 0 Å². The van der Waals surface area contributed by atoms with E-state index in [0.29, 0.717) is 0 Å². The molecule has 2 aliphatic rings. The summed E-state index contributed by atoms with van der Waals surface area (Å²) in [6.45, 7) is -0.960. The lowest BCUT2D eigenvalue weighted by Gasteiger charge is -2.42. The smallest absolute Gasteiger partial charge is 0.340 e. The molecule has 44 heavy (non-hydrogen) atoms. The lowest BCUT2D eigenvalue weighted by Crippen LogP contribution is -2.61. The lowest BCUT2D eigenvalue weighted by atomic mass is 9.98. The number of carbonyl (C=O) groups excluding carboxylic acids is 3. The number of benzene rings is 3. The van der Waals surface area contributed by atoms with Gasteiger partial charge in [0.15, 0.2) is 52.1 Å². The summed E-state index contributed by atoms with van der Waals surface area (Å²) in [6.07, 6.45) is -9.60. The zero-order valence-corrected chi connectivity index (χ0v) is 21.7. The minimum absolute atomic E-state index is 0.370. The zero-order valence-electron chi connectivity index (χ0n) is 21.7. The van der Waals surface area contributed by atoms with E-state index in [9.17, 15) is 60.3 Å². The minimum Gasteiger partial charge on any atom is -0.504 e. The summed E-state index contributed by atoms with van der Waals surface area (Å²) in [5, 5.41) is 91.0. The van der Waals surface area contributed by atoms with Crippen LogP contribution in [0.1, 0.15) is 31.1 Å². The van der Waals surface area contributed by atoms with E-state index in [-0.39, 0.29) is 5.39 Å². The standard InChI is InChI=1S/C27H20O17/c28-5-13-20-19(36)23(27(40-13)44-24(37)6-1-9(29)16(33)10(30)2-6)43-26(39)8-4-12(32)18(35)22-15(8)14-7(25(38)42-20)3-11(31)17(34)21(14)41-22/h1-4,13,19-20,23,27-36H,5H2/t13-,19-,20+,23+,27-/m0/s1. The molecule has 2 bridgehead atoms. The maximum absolute atomic E-state index is 13.6. The van der Waals surface area contributed by atoms with E-state index in [1.54, 1.807) is 0 Å². The van der Waals surface area contributed by atoms with E-state index in [2.05, 4.69) is 0 Å². The first-order chi connectivity index (χ1) is 20.8. The summed E-state index contributed by atoms with van der Waals surface area (Å²) >= 11 is 0. The van der Waals surface area contributed by atoms with Crippen molar-refractivity contribution in [3.05, 3.63) is 41.0 Å². The largest absolute Gasteiger partial charge is 0.504 e. The average Bonchev–Trinajstić information content (AvgIpc) is 3.38. The Balaban J connectivity index is 1.50. The van der Waals surface area contributed by atoms with Crippen molar-refractivity contribution in [3.63, 3.8) is 0 Å². The summed E-state index contributed by atoms with van der Waals surface area (Å²) in [7, 11) is 0. The Morgan fingerprint density at radius 3 is 1.70 bits per heavy atom. The fraction of sp³-hybridized carbons (Fsp3) is 0.222. The van der Waals surface area contributed by atoms with Gasteiger partial charge in [0.2, 0.25) is 17.8 Å². The number of rotatable bonds is 3. The molecule has 17 heteroatoms. The number of hydrogen-bond acceptors (Lipinski definition) is 17. The third kappa shape index (κ3) is 4.17. The summed E-state index contributed by atoms with van der Waals surface area (Å²) in [5.41, 5.74) is -2.90. The quantitative estimate of drug-likeness (QED) is 0.0861. The van der Waals surface area contributed by atoms with Gasteiger partial charge in [0.25, 0.3) is 0 Å². The molecule has 17 nitrogen and oxygen atoms in total. The minimum atomic E-state index is -2.08. The van der Waals surface area contributed by atoms with Crippen molar-refractivity contribution >= 4 is 39.8 Å². The van der Waals surface area contributed by atoms with Crippen LogP contribution in [-0.4, -0.2) is 101 Å². The van der Waals surface area contributed by atoms with Gasteiger partial charge in [-0.25, -0.2) is 14.4 Å². The molecule has 0 saturated carbocycles. The first-order valence-corrected chi connectivity index (χ1v) is 12.5. The van der Waals surface area contributed by atoms with Gasteiger partial charge < -0.3 is 69.3 Å². The molecule has 3 aromatic carbocycles. The van der Waals surface area contributed by atoms with Gasteiger partial charge in [-0.2, -0.15) is 0 Å². The molecular formula is C27H20O17. The van der Waals surface area contributed by atoms with Crippen LogP contribution < -0.4 is 0 Å². The van der Waals surface area contributed by atoms with Gasteiger partial charge in [-0.3, -0.25) is 0 Å². The molecule has 5 atom stereocenters. The number of fused-ring (bicyclic) bond motifs is 2. The number of aliphatic hydroxyl groups is 2. The predicted octanol–water partition coefficient (Wildman–Crippen LogP) is 0.525. The van der Waals surface area contributed by atoms with Crippen LogP contribution >= 0.6 is 0 Å². The highest BCUT2D eigenvalue weighted by molar-refractivity contribution is 6.23. The predicted molar refractivity (Wildman–Crippen MR) is 137 cm³/mol. The Labute approximate surface area is 242 Å². The summed E-state index contributed by atoms with van der Waals surface area (Å²) in [6, 6.07) is 2.91. The molecule has 230 valence electrons. The van der Waals surface area contributed by atoms with E-state index in [4.69, 9.17) is 23.4 Å². The van der Waals surface area contributed by atoms with Crippen molar-refractivity contribution in [1.29, 1.82) is 0 Å². The van der Waals surface area contributed by atoms with Gasteiger partial charge in [0.1, 0.15) is 12.2 Å². The number of phenols is 7. The second kappa shape index (κ2) is 9.97. The Morgan fingerprint density at radius 1 is 0.727 bits per heavy atom. The number of aromatic hydroxyl groups is 7. The molecule has 0 radical (unpaired) electrons. The van der Waals surface area contributed by atoms with Crippen LogP contribution in [0.2, 0.25) is 0 Å². The second-order valence-electron chi connectivity index (χ2n) is 9.82. The van der Waals surface area contributed by atoms with Crippen LogP contribution in [0.15, 0.2) is 28.7 Å². The lowest BCUT2D eigenvalue weighted by molar-refractivity contribution is -0.283. The Kier molecular flexibility index (Phi) is 6.45. The van der Waals surface area contributed by atoms with Gasteiger partial charge in [-0.15, -0.1) is 0 Å². The monoisotopic (exact) mass is 616 g/mol. The highest BCUT2D eigenvalue weighted by Crippen LogP contribution is 2.48. The Morgan fingerprint density at radius 2 is 1.20 bits per heavy atom. The van der Waals surface area contributed by atoms with Crippen LogP contribution in [0.4, 0.5) is 0 Å². The number of phenolic OH excluding ortho intramolecular Hbond substituents is 7.